The molecule has 10 nitrogen and oxygen atoms in total. The van der Waals surface area contributed by atoms with Gasteiger partial charge in [0, 0.05) is 49.4 Å². The molecule has 2 aliphatic heterocycles. The Balaban J connectivity index is 0.967. The molecule has 4 heterocycles. The van der Waals surface area contributed by atoms with Gasteiger partial charge in [0.05, 0.1) is 24.6 Å². The van der Waals surface area contributed by atoms with Crippen molar-refractivity contribution in [2.45, 2.75) is 57.0 Å². The van der Waals surface area contributed by atoms with Crippen LogP contribution in [0.15, 0.2) is 104 Å². The van der Waals surface area contributed by atoms with Crippen LogP contribution in [0.5, 0.6) is 0 Å². The van der Waals surface area contributed by atoms with Gasteiger partial charge in [0.1, 0.15) is 6.04 Å². The van der Waals surface area contributed by atoms with E-state index in [0.29, 0.717) is 49.5 Å². The summed E-state index contributed by atoms with van der Waals surface area (Å²) in [6, 6.07) is 25.7. The number of ketones is 1. The van der Waals surface area contributed by atoms with Crippen LogP contribution in [0.1, 0.15) is 42.4 Å². The minimum absolute atomic E-state index is 0.0133. The molecule has 3 aromatic carbocycles. The highest BCUT2D eigenvalue weighted by atomic mass is 16.2. The van der Waals surface area contributed by atoms with Crippen molar-refractivity contribution in [1.82, 2.24) is 24.2 Å². The molecular formula is C39H38N6O4. The first-order valence-corrected chi connectivity index (χ1v) is 16.9. The first-order valence-electron chi connectivity index (χ1n) is 16.9. The number of Topliss-reactive ketones (excluding diaryl/α,β-unsaturated/α-hetero) is 1. The van der Waals surface area contributed by atoms with Gasteiger partial charge in [-0.15, -0.1) is 0 Å². The number of anilines is 1. The number of hydrogen-bond acceptors (Lipinski definition) is 6. The van der Waals surface area contributed by atoms with Crippen LogP contribution >= 0.6 is 0 Å². The number of likely N-dealkylation sites (tertiary alicyclic amines) is 2. The Labute approximate surface area is 284 Å². The molecule has 0 spiro atoms. The number of amides is 3. The molecule has 0 aliphatic carbocycles. The van der Waals surface area contributed by atoms with Crippen molar-refractivity contribution >= 4 is 35.0 Å². The van der Waals surface area contributed by atoms with Gasteiger partial charge in [-0.2, -0.15) is 0 Å². The predicted molar refractivity (Wildman–Crippen MR) is 186 cm³/mol. The van der Waals surface area contributed by atoms with Gasteiger partial charge >= 0.3 is 0 Å². The maximum Gasteiger partial charge on any atom is 0.247 e. The third-order valence-corrected chi connectivity index (χ3v) is 9.41. The number of carbonyl (C=O) groups excluding carboxylic acids is 4. The first-order chi connectivity index (χ1) is 23.9. The smallest absolute Gasteiger partial charge is 0.247 e. The number of nitrogens with zero attached hydrogens (tertiary/aromatic N) is 5. The number of rotatable bonds is 10. The van der Waals surface area contributed by atoms with E-state index in [1.165, 1.54) is 0 Å². The molecule has 7 rings (SSSR count). The SMILES string of the molecule is O=C(Cc1cnc2nc(-c3ccc(NC(=O)[C@@H]4CCCN4C(=O)Cc4ccccc4)cc3)cn2c1)C1CCCN1C(=O)Cc1ccccc1. The van der Waals surface area contributed by atoms with E-state index >= 15 is 0 Å². The third kappa shape index (κ3) is 7.28. The molecule has 248 valence electrons. The van der Waals surface area contributed by atoms with Crippen LogP contribution in [0.4, 0.5) is 5.69 Å². The van der Waals surface area contributed by atoms with E-state index in [1.807, 2.05) is 102 Å². The predicted octanol–water partition coefficient (Wildman–Crippen LogP) is 4.91. The summed E-state index contributed by atoms with van der Waals surface area (Å²) >= 11 is 0. The highest BCUT2D eigenvalue weighted by Gasteiger charge is 2.35. The molecule has 5 aromatic rings. The van der Waals surface area contributed by atoms with Crippen LogP contribution in [0.2, 0.25) is 0 Å². The van der Waals surface area contributed by atoms with E-state index in [4.69, 9.17) is 0 Å². The topological polar surface area (TPSA) is 117 Å². The minimum atomic E-state index is -0.493. The molecule has 2 saturated heterocycles. The average Bonchev–Trinajstić information content (AvgIpc) is 3.90. The van der Waals surface area contributed by atoms with Gasteiger partial charge in [0.15, 0.2) is 5.78 Å². The summed E-state index contributed by atoms with van der Waals surface area (Å²) in [6.07, 6.45) is 9.07. The lowest BCUT2D eigenvalue weighted by atomic mass is 10.0. The number of aromatic nitrogens is 3. The summed E-state index contributed by atoms with van der Waals surface area (Å²) in [5.41, 5.74) is 4.83. The Kier molecular flexibility index (Phi) is 9.27. The average molecular weight is 655 g/mol. The molecule has 2 fully saturated rings. The Bertz CT molecular complexity index is 1980. The molecule has 10 heteroatoms. The normalized spacial score (nSPS) is 17.4. The lowest BCUT2D eigenvalue weighted by Crippen LogP contribution is -2.43. The molecule has 1 N–H and O–H groups in total. The number of carbonyl (C=O) groups is 4. The molecule has 1 unspecified atom stereocenters. The molecule has 2 aromatic heterocycles. The second-order valence-electron chi connectivity index (χ2n) is 12.8. The van der Waals surface area contributed by atoms with Gasteiger partial charge in [-0.05, 0) is 54.5 Å². The molecule has 2 aliphatic rings. The summed E-state index contributed by atoms with van der Waals surface area (Å²) in [5.74, 6) is 0.272. The van der Waals surface area contributed by atoms with Crippen LogP contribution in [0, 0.1) is 0 Å². The Morgan fingerprint density at radius 3 is 1.90 bits per heavy atom. The van der Waals surface area contributed by atoms with Gasteiger partial charge < -0.3 is 15.1 Å². The van der Waals surface area contributed by atoms with Crippen molar-refractivity contribution in [2.75, 3.05) is 18.4 Å². The fourth-order valence-electron chi connectivity index (χ4n) is 6.91. The largest absolute Gasteiger partial charge is 0.332 e. The van der Waals surface area contributed by atoms with Crippen LogP contribution in [0.3, 0.4) is 0 Å². The maximum atomic E-state index is 13.4. The van der Waals surface area contributed by atoms with Crippen molar-refractivity contribution < 1.29 is 19.2 Å². The van der Waals surface area contributed by atoms with Crippen molar-refractivity contribution in [3.05, 3.63) is 120 Å². The number of nitrogens with one attached hydrogen (secondary N) is 1. The minimum Gasteiger partial charge on any atom is -0.332 e. The fraction of sp³-hybridized carbons (Fsp3) is 0.282. The van der Waals surface area contributed by atoms with Crippen molar-refractivity contribution in [2.24, 2.45) is 0 Å². The van der Waals surface area contributed by atoms with E-state index in [1.54, 1.807) is 16.0 Å². The van der Waals surface area contributed by atoms with Crippen LogP contribution in [-0.2, 0) is 38.4 Å². The first kappa shape index (κ1) is 31.9. The standard InChI is InChI=1S/C39H38N6O4/c46-35(33-13-7-19-44(33)36(47)22-27-9-3-1-4-10-27)21-29-24-40-39-42-32(26-43(39)25-29)30-15-17-31(18-16-30)41-38(49)34-14-8-20-45(34)37(48)23-28-11-5-2-6-12-28/h1-6,9-12,15-18,24-26,33-34H,7-8,13-14,19-23H2,(H,41,49)/t33?,34-/m0/s1. The van der Waals surface area contributed by atoms with Crippen molar-refractivity contribution in [3.8, 4) is 11.3 Å². The number of benzene rings is 3. The van der Waals surface area contributed by atoms with Gasteiger partial charge in [0.25, 0.3) is 0 Å². The summed E-state index contributed by atoms with van der Waals surface area (Å²) in [5, 5.41) is 2.98. The van der Waals surface area contributed by atoms with Gasteiger partial charge in [-0.25, -0.2) is 9.97 Å². The molecule has 0 saturated carbocycles. The number of fused-ring (bicyclic) bond motifs is 1. The zero-order valence-corrected chi connectivity index (χ0v) is 27.2. The lowest BCUT2D eigenvalue weighted by Gasteiger charge is -2.24. The summed E-state index contributed by atoms with van der Waals surface area (Å²) in [4.78, 5) is 65.2. The Morgan fingerprint density at radius 1 is 0.673 bits per heavy atom. The molecule has 0 radical (unpaired) electrons. The van der Waals surface area contributed by atoms with E-state index in [9.17, 15) is 19.2 Å². The monoisotopic (exact) mass is 654 g/mol. The molecule has 2 atom stereocenters. The quantitative estimate of drug-likeness (QED) is 0.229. The Hall–Kier alpha value is -5.64. The second-order valence-corrected chi connectivity index (χ2v) is 12.8. The molecule has 3 amide bonds. The van der Waals surface area contributed by atoms with E-state index in [0.717, 1.165) is 35.1 Å². The second kappa shape index (κ2) is 14.2. The zero-order chi connectivity index (χ0) is 33.7. The van der Waals surface area contributed by atoms with Crippen molar-refractivity contribution in [1.29, 1.82) is 0 Å². The molecule has 0 bridgehead atoms. The fourth-order valence-corrected chi connectivity index (χ4v) is 6.91. The maximum absolute atomic E-state index is 13.4. The van der Waals surface area contributed by atoms with Gasteiger partial charge in [-0.3, -0.25) is 23.6 Å². The van der Waals surface area contributed by atoms with Crippen molar-refractivity contribution in [3.63, 3.8) is 0 Å². The van der Waals surface area contributed by atoms with Crippen LogP contribution < -0.4 is 5.32 Å². The molecule has 49 heavy (non-hydrogen) atoms. The van der Waals surface area contributed by atoms with E-state index < -0.39 is 12.1 Å². The highest BCUT2D eigenvalue weighted by molar-refractivity contribution is 5.98. The number of imidazole rings is 1. The molecular weight excluding hydrogens is 616 g/mol. The zero-order valence-electron chi connectivity index (χ0n) is 27.2. The summed E-state index contributed by atoms with van der Waals surface area (Å²) in [7, 11) is 0. The summed E-state index contributed by atoms with van der Waals surface area (Å²) in [6.45, 7) is 1.17. The van der Waals surface area contributed by atoms with E-state index in [-0.39, 0.29) is 36.3 Å². The van der Waals surface area contributed by atoms with Gasteiger partial charge in [0.2, 0.25) is 23.5 Å². The van der Waals surface area contributed by atoms with Gasteiger partial charge in [-0.1, -0.05) is 72.8 Å². The third-order valence-electron chi connectivity index (χ3n) is 9.41. The lowest BCUT2D eigenvalue weighted by molar-refractivity contribution is -0.136. The number of hydrogen-bond donors (Lipinski definition) is 1. The Morgan fingerprint density at radius 2 is 1.27 bits per heavy atom. The summed E-state index contributed by atoms with van der Waals surface area (Å²) < 4.78 is 1.81. The van der Waals surface area contributed by atoms with Crippen LogP contribution in [0.25, 0.3) is 17.0 Å². The highest BCUT2D eigenvalue weighted by Crippen LogP contribution is 2.25. The van der Waals surface area contributed by atoms with Crippen LogP contribution in [-0.4, -0.2) is 72.8 Å². The van der Waals surface area contributed by atoms with E-state index in [2.05, 4.69) is 15.3 Å².